The number of nitrogens with one attached hydrogen (secondary N) is 1. The fourth-order valence-electron chi connectivity index (χ4n) is 2.04. The Bertz CT molecular complexity index is 311. The number of rotatable bonds is 5. The molecule has 1 aliphatic heterocycles. The molecule has 7 heteroatoms. The highest BCUT2D eigenvalue weighted by molar-refractivity contribution is 5.94. The van der Waals surface area contributed by atoms with E-state index < -0.39 is 5.54 Å². The highest BCUT2D eigenvalue weighted by Gasteiger charge is 2.39. The molecule has 0 bridgehead atoms. The number of ether oxygens (including phenoxy) is 1. The molecule has 1 rings (SSSR count). The summed E-state index contributed by atoms with van der Waals surface area (Å²) in [6, 6.07) is 0. The van der Waals surface area contributed by atoms with Crippen molar-refractivity contribution in [3.8, 4) is 0 Å². The van der Waals surface area contributed by atoms with Crippen LogP contribution in [0, 0.1) is 0 Å². The number of oxime groups is 1. The predicted octanol–water partition coefficient (Wildman–Crippen LogP) is -0.650. The first-order valence-corrected chi connectivity index (χ1v) is 6.09. The molecule has 1 aliphatic rings. The van der Waals surface area contributed by atoms with E-state index in [0.29, 0.717) is 19.4 Å². The molecule has 18 heavy (non-hydrogen) atoms. The molecule has 0 unspecified atom stereocenters. The number of amidine groups is 1. The Morgan fingerprint density at radius 1 is 1.56 bits per heavy atom. The Kier molecular flexibility index (Phi) is 5.36. The van der Waals surface area contributed by atoms with Gasteiger partial charge in [0.25, 0.3) is 0 Å². The molecule has 0 aromatic rings. The van der Waals surface area contributed by atoms with E-state index in [1.165, 1.54) is 0 Å². The maximum absolute atomic E-state index is 11.7. The predicted molar refractivity (Wildman–Crippen MR) is 67.5 cm³/mol. The van der Waals surface area contributed by atoms with Crippen molar-refractivity contribution in [2.24, 2.45) is 10.9 Å². The summed E-state index contributed by atoms with van der Waals surface area (Å²) >= 11 is 0. The molecule has 7 nitrogen and oxygen atoms in total. The smallest absolute Gasteiger partial charge is 0.246 e. The summed E-state index contributed by atoms with van der Waals surface area (Å²) in [4.78, 5) is 13.9. The first-order valence-electron chi connectivity index (χ1n) is 6.09. The number of nitrogens with two attached hydrogens (primary N) is 1. The lowest BCUT2D eigenvalue weighted by Gasteiger charge is -2.40. The molecule has 1 saturated heterocycles. The van der Waals surface area contributed by atoms with Crippen LogP contribution in [-0.4, -0.2) is 60.7 Å². The zero-order valence-electron chi connectivity index (χ0n) is 11.0. The van der Waals surface area contributed by atoms with Crippen molar-refractivity contribution in [1.29, 1.82) is 0 Å². The van der Waals surface area contributed by atoms with E-state index in [1.54, 1.807) is 0 Å². The van der Waals surface area contributed by atoms with Crippen LogP contribution in [0.25, 0.3) is 0 Å². The van der Waals surface area contributed by atoms with Gasteiger partial charge < -0.3 is 25.9 Å². The second-order valence-electron chi connectivity index (χ2n) is 4.56. The lowest BCUT2D eigenvalue weighted by molar-refractivity contribution is -0.127. The van der Waals surface area contributed by atoms with Gasteiger partial charge in [-0.15, -0.1) is 0 Å². The lowest BCUT2D eigenvalue weighted by Crippen LogP contribution is -2.62. The number of amides is 1. The average Bonchev–Trinajstić information content (AvgIpc) is 2.38. The van der Waals surface area contributed by atoms with Crippen LogP contribution in [0.5, 0.6) is 0 Å². The third-order valence-electron chi connectivity index (χ3n) is 3.25. The average molecular weight is 258 g/mol. The van der Waals surface area contributed by atoms with E-state index in [-0.39, 0.29) is 18.3 Å². The van der Waals surface area contributed by atoms with Crippen molar-refractivity contribution in [2.45, 2.75) is 25.3 Å². The Morgan fingerprint density at radius 3 is 2.67 bits per heavy atom. The van der Waals surface area contributed by atoms with Crippen molar-refractivity contribution in [2.75, 3.05) is 33.4 Å². The molecule has 0 aromatic carbocycles. The molecule has 0 aliphatic carbocycles. The Hall–Kier alpha value is -1.34. The number of carbonyl (C=O) groups is 1. The Balaban J connectivity index is 2.70. The summed E-state index contributed by atoms with van der Waals surface area (Å²) in [6.45, 7) is 3.86. The molecule has 0 saturated carbocycles. The summed E-state index contributed by atoms with van der Waals surface area (Å²) in [5.41, 5.74) is 4.98. The normalized spacial score (nSPS) is 20.7. The second kappa shape index (κ2) is 6.55. The van der Waals surface area contributed by atoms with E-state index in [1.807, 2.05) is 14.0 Å². The Morgan fingerprint density at radius 2 is 2.17 bits per heavy atom. The van der Waals surface area contributed by atoms with Gasteiger partial charge in [0.05, 0.1) is 0 Å². The summed E-state index contributed by atoms with van der Waals surface area (Å²) in [6.07, 6.45) is 1.24. The highest BCUT2D eigenvalue weighted by Crippen LogP contribution is 2.21. The van der Waals surface area contributed by atoms with Crippen LogP contribution >= 0.6 is 0 Å². The molecule has 0 atom stereocenters. The van der Waals surface area contributed by atoms with Gasteiger partial charge in [0.1, 0.15) is 12.1 Å². The molecule has 0 radical (unpaired) electrons. The van der Waals surface area contributed by atoms with Crippen molar-refractivity contribution in [1.82, 2.24) is 10.2 Å². The van der Waals surface area contributed by atoms with Crippen molar-refractivity contribution >= 4 is 11.7 Å². The molecule has 104 valence electrons. The van der Waals surface area contributed by atoms with Gasteiger partial charge >= 0.3 is 0 Å². The van der Waals surface area contributed by atoms with E-state index in [2.05, 4.69) is 15.4 Å². The zero-order valence-corrected chi connectivity index (χ0v) is 11.0. The first-order chi connectivity index (χ1) is 8.54. The summed E-state index contributed by atoms with van der Waals surface area (Å²) < 4.78 is 5.05. The van der Waals surface area contributed by atoms with Crippen LogP contribution in [0.3, 0.4) is 0 Å². The quantitative estimate of drug-likeness (QED) is 0.263. The number of hydrogen-bond acceptors (Lipinski definition) is 5. The van der Waals surface area contributed by atoms with Crippen molar-refractivity contribution < 1.29 is 14.7 Å². The van der Waals surface area contributed by atoms with E-state index in [4.69, 9.17) is 15.7 Å². The first kappa shape index (κ1) is 14.7. The van der Waals surface area contributed by atoms with Gasteiger partial charge in [0.2, 0.25) is 5.91 Å². The van der Waals surface area contributed by atoms with Gasteiger partial charge in [-0.2, -0.15) is 0 Å². The molecule has 0 aromatic heterocycles. The SMILES string of the molecule is CCOCC(=O)NC1(/C(N)=N/O)CCN(C)CC1. The van der Waals surface area contributed by atoms with Crippen molar-refractivity contribution in [3.63, 3.8) is 0 Å². The van der Waals surface area contributed by atoms with Gasteiger partial charge in [0.15, 0.2) is 5.84 Å². The number of likely N-dealkylation sites (tertiary alicyclic amines) is 1. The van der Waals surface area contributed by atoms with E-state index in [9.17, 15) is 4.79 Å². The summed E-state index contributed by atoms with van der Waals surface area (Å²) in [5, 5.41) is 14.8. The van der Waals surface area contributed by atoms with Gasteiger partial charge in [-0.1, -0.05) is 5.16 Å². The van der Waals surface area contributed by atoms with Gasteiger partial charge in [-0.3, -0.25) is 4.79 Å². The third-order valence-corrected chi connectivity index (χ3v) is 3.25. The molecule has 1 fully saturated rings. The van der Waals surface area contributed by atoms with Crippen LogP contribution in [0.1, 0.15) is 19.8 Å². The topological polar surface area (TPSA) is 100 Å². The maximum atomic E-state index is 11.7. The zero-order chi connectivity index (χ0) is 13.6. The fraction of sp³-hybridized carbons (Fsp3) is 0.818. The molecule has 1 heterocycles. The number of piperidine rings is 1. The van der Waals surface area contributed by atoms with Crippen molar-refractivity contribution in [3.05, 3.63) is 0 Å². The van der Waals surface area contributed by atoms with Gasteiger partial charge in [-0.25, -0.2) is 0 Å². The summed E-state index contributed by atoms with van der Waals surface area (Å²) in [7, 11) is 2.00. The molecule has 4 N–H and O–H groups in total. The number of hydrogen-bond donors (Lipinski definition) is 3. The summed E-state index contributed by atoms with van der Waals surface area (Å²) in [5.74, 6) is -0.187. The second-order valence-corrected chi connectivity index (χ2v) is 4.56. The molecular weight excluding hydrogens is 236 g/mol. The molecule has 1 amide bonds. The van der Waals surface area contributed by atoms with Gasteiger partial charge in [0, 0.05) is 19.7 Å². The molecular formula is C11H22N4O3. The minimum atomic E-state index is -0.755. The standard InChI is InChI=1S/C11H22N4O3/c1-3-18-8-9(16)13-11(10(12)14-17)4-6-15(2)7-5-11/h17H,3-8H2,1-2H3,(H2,12,14)(H,13,16). The van der Waals surface area contributed by atoms with Crippen LogP contribution in [0.4, 0.5) is 0 Å². The van der Waals surface area contributed by atoms with E-state index in [0.717, 1.165) is 13.1 Å². The lowest BCUT2D eigenvalue weighted by atomic mass is 9.86. The minimum Gasteiger partial charge on any atom is -0.409 e. The number of carbonyl (C=O) groups excluding carboxylic acids is 1. The highest BCUT2D eigenvalue weighted by atomic mass is 16.5. The molecule has 0 spiro atoms. The largest absolute Gasteiger partial charge is 0.409 e. The maximum Gasteiger partial charge on any atom is 0.246 e. The van der Waals surface area contributed by atoms with Gasteiger partial charge in [-0.05, 0) is 26.8 Å². The van der Waals surface area contributed by atoms with E-state index >= 15 is 0 Å². The van der Waals surface area contributed by atoms with Crippen LogP contribution < -0.4 is 11.1 Å². The van der Waals surface area contributed by atoms with Crippen LogP contribution in [0.15, 0.2) is 5.16 Å². The minimum absolute atomic E-state index is 0.00714. The van der Waals surface area contributed by atoms with Crippen LogP contribution in [-0.2, 0) is 9.53 Å². The monoisotopic (exact) mass is 258 g/mol. The fourth-order valence-corrected chi connectivity index (χ4v) is 2.04. The number of nitrogens with zero attached hydrogens (tertiary/aromatic N) is 2. The Labute approximate surface area is 107 Å². The third kappa shape index (κ3) is 3.58. The van der Waals surface area contributed by atoms with Crippen LogP contribution in [0.2, 0.25) is 0 Å².